The Balaban J connectivity index is 0.00000323. The van der Waals surface area contributed by atoms with Gasteiger partial charge in [0.05, 0.1) is 0 Å². The zero-order valence-corrected chi connectivity index (χ0v) is 25.8. The number of oxazole rings is 1. The van der Waals surface area contributed by atoms with E-state index < -0.39 is 7.26 Å². The second-order valence-electron chi connectivity index (χ2n) is 10.0. The van der Waals surface area contributed by atoms with Crippen LogP contribution in [0.15, 0.2) is 126 Å². The predicted octanol–water partition coefficient (Wildman–Crippen LogP) is 7.46. The van der Waals surface area contributed by atoms with E-state index in [1.165, 1.54) is 41.6 Å². The van der Waals surface area contributed by atoms with Crippen LogP contribution in [0.3, 0.4) is 0 Å². The van der Waals surface area contributed by atoms with Crippen LogP contribution in [0.5, 0.6) is 0 Å². The lowest BCUT2D eigenvalue weighted by Crippen LogP contribution is -2.42. The summed E-state index contributed by atoms with van der Waals surface area (Å²) in [6, 6.07) is 43.2. The van der Waals surface area contributed by atoms with E-state index in [9.17, 15) is 0 Å². The number of anilines is 1. The molecule has 1 fully saturated rings. The summed E-state index contributed by atoms with van der Waals surface area (Å²) in [5.41, 5.74) is 2.18. The van der Waals surface area contributed by atoms with E-state index >= 15 is 0 Å². The Kier molecular flexibility index (Phi) is 9.51. The number of hydrogen-bond acceptors (Lipinski definition) is 3. The van der Waals surface area contributed by atoms with Crippen LogP contribution in [0.2, 0.25) is 0 Å². The molecule has 0 saturated carbocycles. The lowest BCUT2D eigenvalue weighted by Gasteiger charge is -2.28. The average molecular weight is 658 g/mol. The van der Waals surface area contributed by atoms with Crippen LogP contribution < -0.4 is 26.2 Å². The van der Waals surface area contributed by atoms with Gasteiger partial charge in [-0.25, -0.2) is 0 Å². The third kappa shape index (κ3) is 5.80. The lowest BCUT2D eigenvalue weighted by atomic mass is 10.2. The lowest BCUT2D eigenvalue weighted by molar-refractivity contribution is 0.529. The quantitative estimate of drug-likeness (QED) is 0.135. The van der Waals surface area contributed by atoms with Crippen LogP contribution in [-0.4, -0.2) is 18.1 Å². The second kappa shape index (κ2) is 13.4. The first-order valence-corrected chi connectivity index (χ1v) is 15.7. The van der Waals surface area contributed by atoms with E-state index in [0.29, 0.717) is 5.89 Å². The Morgan fingerprint density at radius 2 is 1.02 bits per heavy atom. The summed E-state index contributed by atoms with van der Waals surface area (Å²) in [5, 5.41) is 3.85. The van der Waals surface area contributed by atoms with Gasteiger partial charge in [0, 0.05) is 19.2 Å². The topological polar surface area (TPSA) is 29.3 Å². The molecule has 40 heavy (non-hydrogen) atoms. The van der Waals surface area contributed by atoms with Gasteiger partial charge in [-0.1, -0.05) is 97.8 Å². The molecule has 1 saturated heterocycles. The number of nitrogens with zero attached hydrogens (tertiary/aromatic N) is 2. The Bertz CT molecular complexity index is 1400. The summed E-state index contributed by atoms with van der Waals surface area (Å²) in [5.74, 6) is 1.58. The first-order valence-electron chi connectivity index (χ1n) is 13.9. The van der Waals surface area contributed by atoms with Gasteiger partial charge in [-0.05, 0) is 60.9 Å². The number of hydrogen-bond donors (Lipinski definition) is 0. The molecule has 3 nitrogen and oxygen atoms in total. The van der Waals surface area contributed by atoms with E-state index in [0.717, 1.165) is 30.0 Å². The van der Waals surface area contributed by atoms with Gasteiger partial charge in [0.1, 0.15) is 15.9 Å². The Morgan fingerprint density at radius 1 is 0.575 bits per heavy atom. The molecule has 5 aromatic rings. The van der Waals surface area contributed by atoms with Crippen LogP contribution >= 0.6 is 31.2 Å². The first-order chi connectivity index (χ1) is 19.4. The molecule has 2 heterocycles. The van der Waals surface area contributed by atoms with Crippen molar-refractivity contribution in [3.05, 3.63) is 133 Å². The van der Waals surface area contributed by atoms with Crippen molar-refractivity contribution in [2.45, 2.75) is 25.7 Å². The minimum absolute atomic E-state index is 0. The summed E-state index contributed by atoms with van der Waals surface area (Å²) in [4.78, 5) is 7.84. The molecule has 0 aliphatic carbocycles. The van der Waals surface area contributed by atoms with Gasteiger partial charge in [-0.2, -0.15) is 4.98 Å². The summed E-state index contributed by atoms with van der Waals surface area (Å²) in [7, 11) is -2.38. The molecule has 6 rings (SSSR count). The molecule has 0 unspecified atom stereocenters. The van der Waals surface area contributed by atoms with Crippen molar-refractivity contribution in [2.24, 2.45) is 0 Å². The van der Waals surface area contributed by atoms with Crippen molar-refractivity contribution >= 4 is 70.6 Å². The average Bonchev–Trinajstić information content (AvgIpc) is 3.24. The van der Waals surface area contributed by atoms with Crippen molar-refractivity contribution in [1.29, 1.82) is 0 Å². The van der Waals surface area contributed by atoms with Gasteiger partial charge < -0.3 is 9.32 Å². The molecule has 4 aromatic carbocycles. The predicted molar refractivity (Wildman–Crippen MR) is 183 cm³/mol. The van der Waals surface area contributed by atoms with Crippen molar-refractivity contribution in [3.8, 4) is 0 Å². The summed E-state index contributed by atoms with van der Waals surface area (Å²) < 4.78 is 6.76. The molecule has 0 atom stereocenters. The Hall–Kier alpha value is -3.21. The number of halogens is 1. The third-order valence-electron chi connectivity index (χ3n) is 7.47. The van der Waals surface area contributed by atoms with E-state index in [-0.39, 0.29) is 24.0 Å². The molecule has 0 amide bonds. The van der Waals surface area contributed by atoms with Crippen molar-refractivity contribution in [3.63, 3.8) is 0 Å². The van der Waals surface area contributed by atoms with E-state index in [1.54, 1.807) is 0 Å². The number of benzene rings is 4. The number of rotatable bonds is 7. The normalized spacial score (nSPS) is 14.1. The van der Waals surface area contributed by atoms with Gasteiger partial charge in [0.2, 0.25) is 5.89 Å². The summed E-state index contributed by atoms with van der Waals surface area (Å²) in [6.07, 6.45) is 8.98. The van der Waals surface area contributed by atoms with Gasteiger partial charge in [-0.3, -0.25) is 0 Å². The molecule has 1 aromatic heterocycles. The number of aromatic nitrogens is 1. The van der Waals surface area contributed by atoms with Crippen molar-refractivity contribution < 1.29 is 4.42 Å². The molecule has 5 heteroatoms. The SMILES string of the molecule is C(=C\c1nc([P+](c2ccccc2)(c2ccccc2)c2ccccc2)c(N2CCCCCC2)o1)/c1ccccc1.I. The largest absolute Gasteiger partial charge is 0.417 e. The highest BCUT2D eigenvalue weighted by atomic mass is 127. The Labute approximate surface area is 255 Å². The maximum absolute atomic E-state index is 6.76. The fourth-order valence-electron chi connectivity index (χ4n) is 5.59. The minimum Gasteiger partial charge on any atom is -0.417 e. The molecule has 202 valence electrons. The summed E-state index contributed by atoms with van der Waals surface area (Å²) >= 11 is 0. The zero-order chi connectivity index (χ0) is 26.3. The van der Waals surface area contributed by atoms with E-state index in [4.69, 9.17) is 9.40 Å². The second-order valence-corrected chi connectivity index (χ2v) is 13.3. The molecule has 0 radical (unpaired) electrons. The van der Waals surface area contributed by atoms with Crippen molar-refractivity contribution in [2.75, 3.05) is 18.0 Å². The van der Waals surface area contributed by atoms with Gasteiger partial charge >= 0.3 is 0 Å². The van der Waals surface area contributed by atoms with Crippen LogP contribution in [0.4, 0.5) is 5.88 Å². The van der Waals surface area contributed by atoms with Gasteiger partial charge in [0.15, 0.2) is 7.26 Å². The highest BCUT2D eigenvalue weighted by Crippen LogP contribution is 2.56. The highest BCUT2D eigenvalue weighted by Gasteiger charge is 2.53. The van der Waals surface area contributed by atoms with Crippen LogP contribution in [0.1, 0.15) is 37.1 Å². The van der Waals surface area contributed by atoms with Gasteiger partial charge in [0.25, 0.3) is 11.3 Å². The van der Waals surface area contributed by atoms with Crippen molar-refractivity contribution in [1.82, 2.24) is 4.98 Å². The molecule has 1 aliphatic heterocycles. The molecule has 0 bridgehead atoms. The summed E-state index contributed by atoms with van der Waals surface area (Å²) in [6.45, 7) is 1.98. The highest BCUT2D eigenvalue weighted by molar-refractivity contribution is 14.0. The third-order valence-corrected chi connectivity index (χ3v) is 11.6. The first kappa shape index (κ1) is 28.3. The van der Waals surface area contributed by atoms with E-state index in [2.05, 4.69) is 126 Å². The van der Waals surface area contributed by atoms with Crippen LogP contribution in [0, 0.1) is 0 Å². The minimum atomic E-state index is -2.38. The Morgan fingerprint density at radius 3 is 1.50 bits per heavy atom. The molecule has 1 aliphatic rings. The van der Waals surface area contributed by atoms with Crippen LogP contribution in [-0.2, 0) is 0 Å². The maximum atomic E-state index is 6.76. The van der Waals surface area contributed by atoms with E-state index in [1.807, 2.05) is 12.1 Å². The molecular formula is C35H35IN2OP+. The monoisotopic (exact) mass is 657 g/mol. The maximum Gasteiger partial charge on any atom is 0.262 e. The van der Waals surface area contributed by atoms with Crippen LogP contribution in [0.25, 0.3) is 12.2 Å². The molecule has 0 N–H and O–H groups in total. The molecular weight excluding hydrogens is 622 g/mol. The fraction of sp³-hybridized carbons (Fsp3) is 0.171. The zero-order valence-electron chi connectivity index (χ0n) is 22.6. The smallest absolute Gasteiger partial charge is 0.262 e. The molecule has 0 spiro atoms. The van der Waals surface area contributed by atoms with Gasteiger partial charge in [-0.15, -0.1) is 24.0 Å². The fourth-order valence-corrected chi connectivity index (χ4v) is 9.80. The standard InChI is InChI=1S/C35H34N2OP.HI/c1-2-16-28-37(27-15-1)35-34(36-33(38-35)26-25-29-17-7-3-8-18-29)39(30-19-9-4-10-20-30,31-21-11-5-12-22-31)32-23-13-6-14-24-32;/h3-14,17-26H,1-2,15-16,27-28H2;1H/q+1;/b26-25+;.